The number of piperazine rings is 1. The Labute approximate surface area is 183 Å². The number of benzene rings is 2. The molecule has 0 aromatic heterocycles. The fraction of sp³-hybridized carbons (Fsp3) is 0.350. The minimum Gasteiger partial charge on any atom is -0.496 e. The second-order valence-corrected chi connectivity index (χ2v) is 6.97. The molecule has 1 heterocycles. The Morgan fingerprint density at radius 2 is 1.71 bits per heavy atom. The van der Waals surface area contributed by atoms with Crippen molar-refractivity contribution in [3.63, 3.8) is 0 Å². The molecule has 154 valence electrons. The van der Waals surface area contributed by atoms with E-state index >= 15 is 0 Å². The van der Waals surface area contributed by atoms with Gasteiger partial charge in [0.1, 0.15) is 5.75 Å². The van der Waals surface area contributed by atoms with Gasteiger partial charge in [-0.3, -0.25) is 9.69 Å². The molecular weight excluding hydrogens is 421 g/mol. The fourth-order valence-corrected chi connectivity index (χ4v) is 3.38. The smallest absolute Gasteiger partial charge is 0.227 e. The van der Waals surface area contributed by atoms with Crippen molar-refractivity contribution in [1.82, 2.24) is 9.80 Å². The number of methoxy groups -OCH3 is 1. The molecule has 28 heavy (non-hydrogen) atoms. The van der Waals surface area contributed by atoms with Gasteiger partial charge in [0.25, 0.3) is 0 Å². The van der Waals surface area contributed by atoms with Crippen LogP contribution in [0.2, 0.25) is 5.02 Å². The molecule has 1 aliphatic heterocycles. The quantitative estimate of drug-likeness (QED) is 0.712. The Kier molecular flexibility index (Phi) is 9.90. The van der Waals surface area contributed by atoms with Gasteiger partial charge in [0.05, 0.1) is 13.5 Å². The summed E-state index contributed by atoms with van der Waals surface area (Å²) in [4.78, 5) is 16.8. The van der Waals surface area contributed by atoms with Crippen molar-refractivity contribution in [2.45, 2.75) is 13.0 Å². The topological polar surface area (TPSA) is 58.8 Å². The lowest BCUT2D eigenvalue weighted by Gasteiger charge is -2.35. The summed E-state index contributed by atoms with van der Waals surface area (Å²) in [6, 6.07) is 13.2. The van der Waals surface area contributed by atoms with Crippen molar-refractivity contribution in [3.8, 4) is 5.75 Å². The van der Waals surface area contributed by atoms with E-state index in [1.165, 1.54) is 0 Å². The van der Waals surface area contributed by atoms with Crippen LogP contribution in [0, 0.1) is 0 Å². The average Bonchev–Trinajstić information content (AvgIpc) is 2.64. The number of hydrogen-bond donors (Lipinski definition) is 1. The highest BCUT2D eigenvalue weighted by atomic mass is 35.5. The zero-order chi connectivity index (χ0) is 18.5. The van der Waals surface area contributed by atoms with Crippen LogP contribution in [-0.4, -0.2) is 49.0 Å². The third-order valence-electron chi connectivity index (χ3n) is 4.70. The lowest BCUT2D eigenvalue weighted by Crippen LogP contribution is -2.48. The maximum atomic E-state index is 12.5. The number of carbonyl (C=O) groups is 1. The Hall–Kier alpha value is -1.66. The molecule has 0 atom stereocenters. The molecule has 0 saturated carbocycles. The van der Waals surface area contributed by atoms with Crippen LogP contribution in [0.15, 0.2) is 42.5 Å². The van der Waals surface area contributed by atoms with Crippen LogP contribution in [0.5, 0.6) is 5.75 Å². The molecule has 0 aliphatic carbocycles. The lowest BCUT2D eigenvalue weighted by molar-refractivity contribution is -0.132. The summed E-state index contributed by atoms with van der Waals surface area (Å²) in [6.07, 6.45) is 0.419. The summed E-state index contributed by atoms with van der Waals surface area (Å²) in [5.74, 6) is 1.01. The van der Waals surface area contributed by atoms with Crippen molar-refractivity contribution < 1.29 is 9.53 Å². The summed E-state index contributed by atoms with van der Waals surface area (Å²) < 4.78 is 5.42. The van der Waals surface area contributed by atoms with Gasteiger partial charge in [0, 0.05) is 49.0 Å². The second kappa shape index (κ2) is 11.4. The number of ether oxygens (including phenoxy) is 1. The summed E-state index contributed by atoms with van der Waals surface area (Å²) in [6.45, 7) is 3.91. The number of halogens is 3. The molecule has 0 bridgehead atoms. The molecule has 5 nitrogen and oxygen atoms in total. The van der Waals surface area contributed by atoms with Crippen LogP contribution in [0.1, 0.15) is 11.1 Å². The van der Waals surface area contributed by atoms with E-state index in [1.54, 1.807) is 7.11 Å². The predicted molar refractivity (Wildman–Crippen MR) is 119 cm³/mol. The van der Waals surface area contributed by atoms with Crippen molar-refractivity contribution >= 4 is 48.0 Å². The number of nitrogen functional groups attached to an aromatic ring is 1. The monoisotopic (exact) mass is 445 g/mol. The fourth-order valence-electron chi connectivity index (χ4n) is 3.19. The first-order valence-electron chi connectivity index (χ1n) is 8.72. The van der Waals surface area contributed by atoms with Crippen LogP contribution in [0.3, 0.4) is 0 Å². The van der Waals surface area contributed by atoms with Crippen LogP contribution >= 0.6 is 36.4 Å². The predicted octanol–water partition coefficient (Wildman–Crippen LogP) is 3.66. The molecule has 2 aromatic rings. The molecule has 0 unspecified atom stereocenters. The summed E-state index contributed by atoms with van der Waals surface area (Å²) in [7, 11) is 1.67. The average molecular weight is 447 g/mol. The number of nitrogens with zero attached hydrogens (tertiary/aromatic N) is 2. The highest BCUT2D eigenvalue weighted by Gasteiger charge is 2.22. The minimum absolute atomic E-state index is 0. The molecule has 1 aliphatic rings. The second-order valence-electron chi connectivity index (χ2n) is 6.53. The van der Waals surface area contributed by atoms with Crippen LogP contribution in [0.25, 0.3) is 0 Å². The van der Waals surface area contributed by atoms with E-state index in [0.29, 0.717) is 17.1 Å². The Bertz CT molecular complexity index is 764. The normalized spacial score (nSPS) is 14.0. The molecule has 1 saturated heterocycles. The first-order chi connectivity index (χ1) is 12.5. The molecule has 0 radical (unpaired) electrons. The van der Waals surface area contributed by atoms with Gasteiger partial charge >= 0.3 is 0 Å². The molecule has 1 amide bonds. The maximum Gasteiger partial charge on any atom is 0.227 e. The molecule has 8 heteroatoms. The number of nitrogens with two attached hydrogens (primary N) is 1. The first-order valence-corrected chi connectivity index (χ1v) is 9.10. The first kappa shape index (κ1) is 24.4. The zero-order valence-electron chi connectivity index (χ0n) is 15.8. The Morgan fingerprint density at radius 1 is 1.07 bits per heavy atom. The van der Waals surface area contributed by atoms with E-state index in [-0.39, 0.29) is 30.7 Å². The standard InChI is InChI=1S/C20H24ClN3O2.2ClH/c1-26-19-7-4-17(21)13-16(19)14-23-8-10-24(11-9-23)20(25)12-15-2-5-18(22)6-3-15;;/h2-7,13H,8-12,14,22H2,1H3;2*1H. The number of rotatable bonds is 5. The van der Waals surface area contributed by atoms with E-state index < -0.39 is 0 Å². The van der Waals surface area contributed by atoms with Gasteiger partial charge in [-0.2, -0.15) is 0 Å². The largest absolute Gasteiger partial charge is 0.496 e. The van der Waals surface area contributed by atoms with E-state index in [0.717, 1.165) is 49.6 Å². The van der Waals surface area contributed by atoms with Crippen molar-refractivity contribution in [2.24, 2.45) is 0 Å². The van der Waals surface area contributed by atoms with E-state index in [4.69, 9.17) is 22.1 Å². The third-order valence-corrected chi connectivity index (χ3v) is 4.93. The molecular formula is C20H26Cl3N3O2. The SMILES string of the molecule is COc1ccc(Cl)cc1CN1CCN(C(=O)Cc2ccc(N)cc2)CC1.Cl.Cl. The minimum atomic E-state index is 0. The number of hydrogen-bond acceptors (Lipinski definition) is 4. The Balaban J connectivity index is 0.00000196. The van der Waals surface area contributed by atoms with Crippen molar-refractivity contribution in [2.75, 3.05) is 39.0 Å². The molecule has 2 aromatic carbocycles. The van der Waals surface area contributed by atoms with Gasteiger partial charge in [0.2, 0.25) is 5.91 Å². The maximum absolute atomic E-state index is 12.5. The number of carbonyl (C=O) groups excluding carboxylic acids is 1. The van der Waals surface area contributed by atoms with E-state index in [1.807, 2.05) is 47.4 Å². The van der Waals surface area contributed by atoms with Gasteiger partial charge < -0.3 is 15.4 Å². The zero-order valence-corrected chi connectivity index (χ0v) is 18.2. The van der Waals surface area contributed by atoms with E-state index in [9.17, 15) is 4.79 Å². The lowest BCUT2D eigenvalue weighted by atomic mass is 10.1. The number of anilines is 1. The van der Waals surface area contributed by atoms with Gasteiger partial charge in [-0.05, 0) is 35.9 Å². The molecule has 1 fully saturated rings. The summed E-state index contributed by atoms with van der Waals surface area (Å²) in [5.41, 5.74) is 8.47. The van der Waals surface area contributed by atoms with Crippen LogP contribution in [-0.2, 0) is 17.8 Å². The molecule has 3 rings (SSSR count). The molecule has 2 N–H and O–H groups in total. The molecule has 0 spiro atoms. The van der Waals surface area contributed by atoms with Crippen molar-refractivity contribution in [3.05, 3.63) is 58.6 Å². The summed E-state index contributed by atoms with van der Waals surface area (Å²) >= 11 is 6.11. The van der Waals surface area contributed by atoms with Crippen LogP contribution in [0.4, 0.5) is 5.69 Å². The van der Waals surface area contributed by atoms with Gasteiger partial charge in [0.15, 0.2) is 0 Å². The van der Waals surface area contributed by atoms with Gasteiger partial charge in [-0.25, -0.2) is 0 Å². The number of amides is 1. The highest BCUT2D eigenvalue weighted by Crippen LogP contribution is 2.24. The summed E-state index contributed by atoms with van der Waals surface area (Å²) in [5, 5.41) is 0.707. The van der Waals surface area contributed by atoms with Gasteiger partial charge in [-0.15, -0.1) is 24.8 Å². The Morgan fingerprint density at radius 3 is 2.32 bits per heavy atom. The van der Waals surface area contributed by atoms with E-state index in [2.05, 4.69) is 4.90 Å². The van der Waals surface area contributed by atoms with Crippen LogP contribution < -0.4 is 10.5 Å². The van der Waals surface area contributed by atoms with Crippen molar-refractivity contribution in [1.29, 1.82) is 0 Å². The third kappa shape index (κ3) is 6.45. The van der Waals surface area contributed by atoms with Gasteiger partial charge in [-0.1, -0.05) is 23.7 Å². The highest BCUT2D eigenvalue weighted by molar-refractivity contribution is 6.30.